The topological polar surface area (TPSA) is 9.23 Å². The summed E-state index contributed by atoms with van der Waals surface area (Å²) < 4.78 is 7.14. The van der Waals surface area contributed by atoms with Crippen molar-refractivity contribution in [3.63, 3.8) is 0 Å². The first kappa shape index (κ1) is 12.4. The highest BCUT2D eigenvalue weighted by Crippen LogP contribution is 2.34. The lowest BCUT2D eigenvalue weighted by Crippen LogP contribution is -2.19. The molecule has 2 heteroatoms. The summed E-state index contributed by atoms with van der Waals surface area (Å²) in [6, 6.07) is 0. The Morgan fingerprint density at radius 2 is 1.65 bits per heavy atom. The van der Waals surface area contributed by atoms with E-state index in [9.17, 15) is 0 Å². The van der Waals surface area contributed by atoms with Crippen LogP contribution in [0.15, 0.2) is 57.8 Å². The summed E-state index contributed by atoms with van der Waals surface area (Å²) >= 11 is 3.60. The second kappa shape index (κ2) is 4.69. The van der Waals surface area contributed by atoms with Gasteiger partial charge in [0.2, 0.25) is 0 Å². The number of fused-ring (bicyclic) bond motifs is 2. The van der Waals surface area contributed by atoms with Crippen molar-refractivity contribution in [1.82, 2.24) is 0 Å². The summed E-state index contributed by atoms with van der Waals surface area (Å²) in [6.07, 6.45) is 13.4. The van der Waals surface area contributed by atoms with E-state index in [2.05, 4.69) is 67.1 Å². The van der Waals surface area contributed by atoms with Crippen LogP contribution < -0.4 is 0 Å². The fraction of sp³-hybridized carbons (Fsp3) is 0.333. The van der Waals surface area contributed by atoms with Gasteiger partial charge in [-0.25, -0.2) is 0 Å². The zero-order valence-electron chi connectivity index (χ0n) is 10.5. The SMILES string of the molecule is CC(C)(C)OC1=CC=C(Br)C2=CC=CC=C1C2. The Balaban J connectivity index is 2.37. The first-order valence-electron chi connectivity index (χ1n) is 5.79. The smallest absolute Gasteiger partial charge is 0.123 e. The van der Waals surface area contributed by atoms with Crippen LogP contribution in [0.4, 0.5) is 0 Å². The number of hydrogen-bond donors (Lipinski definition) is 0. The molecule has 2 aliphatic rings. The van der Waals surface area contributed by atoms with Gasteiger partial charge in [-0.3, -0.25) is 0 Å². The zero-order chi connectivity index (χ0) is 12.5. The molecule has 0 fully saturated rings. The van der Waals surface area contributed by atoms with Crippen LogP contribution in [0.5, 0.6) is 0 Å². The average molecular weight is 293 g/mol. The van der Waals surface area contributed by atoms with Crippen molar-refractivity contribution >= 4 is 15.9 Å². The third kappa shape index (κ3) is 3.22. The van der Waals surface area contributed by atoms with Crippen molar-refractivity contribution in [1.29, 1.82) is 0 Å². The summed E-state index contributed by atoms with van der Waals surface area (Å²) in [6.45, 7) is 6.21. The Hall–Kier alpha value is -1.02. The van der Waals surface area contributed by atoms with Crippen LogP contribution in [0, 0.1) is 0 Å². The molecule has 0 radical (unpaired) electrons. The molecule has 2 bridgehead atoms. The molecule has 0 aromatic carbocycles. The molecule has 0 atom stereocenters. The number of halogens is 1. The van der Waals surface area contributed by atoms with Gasteiger partial charge in [0.05, 0.1) is 0 Å². The molecule has 90 valence electrons. The van der Waals surface area contributed by atoms with Crippen LogP contribution in [0.1, 0.15) is 27.2 Å². The average Bonchev–Trinajstić information content (AvgIpc) is 2.53. The molecular formula is C15H17BrO. The third-order valence-electron chi connectivity index (χ3n) is 2.51. The quantitative estimate of drug-likeness (QED) is 0.675. The molecule has 2 rings (SSSR count). The molecule has 0 spiro atoms. The fourth-order valence-corrected chi connectivity index (χ4v) is 2.20. The predicted octanol–water partition coefficient (Wildman–Crippen LogP) is 4.79. The molecule has 17 heavy (non-hydrogen) atoms. The van der Waals surface area contributed by atoms with E-state index in [0.717, 1.165) is 16.7 Å². The van der Waals surface area contributed by atoms with E-state index in [1.807, 2.05) is 6.08 Å². The van der Waals surface area contributed by atoms with Crippen LogP contribution in [-0.4, -0.2) is 5.60 Å². The minimum Gasteiger partial charge on any atom is -0.488 e. The molecule has 0 amide bonds. The number of hydrogen-bond acceptors (Lipinski definition) is 1. The summed E-state index contributed by atoms with van der Waals surface area (Å²) in [7, 11) is 0. The van der Waals surface area contributed by atoms with Gasteiger partial charge in [-0.05, 0) is 44.1 Å². The van der Waals surface area contributed by atoms with E-state index < -0.39 is 0 Å². The first-order valence-corrected chi connectivity index (χ1v) is 6.59. The van der Waals surface area contributed by atoms with E-state index in [1.165, 1.54) is 11.1 Å². The molecule has 0 saturated carbocycles. The Morgan fingerprint density at radius 3 is 2.29 bits per heavy atom. The number of allylic oxidation sites excluding steroid dienone is 9. The van der Waals surface area contributed by atoms with Gasteiger partial charge in [-0.2, -0.15) is 0 Å². The summed E-state index contributed by atoms with van der Waals surface area (Å²) in [5.41, 5.74) is 2.34. The molecule has 0 unspecified atom stereocenters. The molecule has 2 aliphatic carbocycles. The molecule has 0 aliphatic heterocycles. The highest BCUT2D eigenvalue weighted by Gasteiger charge is 2.20. The van der Waals surface area contributed by atoms with Gasteiger partial charge in [-0.15, -0.1) is 0 Å². The van der Waals surface area contributed by atoms with E-state index in [0.29, 0.717) is 0 Å². The standard InChI is InChI=1S/C15H17BrO/c1-15(2,3)17-14-9-8-13(16)11-6-4-5-7-12(14)10-11/h4-9H,10H2,1-3H3. The lowest BCUT2D eigenvalue weighted by molar-refractivity contribution is 0.0570. The van der Waals surface area contributed by atoms with Crippen LogP contribution in [0.2, 0.25) is 0 Å². The highest BCUT2D eigenvalue weighted by molar-refractivity contribution is 9.12. The fourth-order valence-electron chi connectivity index (χ4n) is 1.79. The minimum atomic E-state index is -0.169. The first-order chi connectivity index (χ1) is 7.96. The maximum absolute atomic E-state index is 6.01. The van der Waals surface area contributed by atoms with Gasteiger partial charge in [0.15, 0.2) is 0 Å². The summed E-state index contributed by atoms with van der Waals surface area (Å²) in [5, 5.41) is 0. The molecule has 0 N–H and O–H groups in total. The van der Waals surface area contributed by atoms with Crippen LogP contribution in [-0.2, 0) is 4.74 Å². The number of rotatable bonds is 1. The Labute approximate surface area is 111 Å². The normalized spacial score (nSPS) is 19.5. The van der Waals surface area contributed by atoms with Gasteiger partial charge in [0, 0.05) is 10.9 Å². The van der Waals surface area contributed by atoms with Crippen molar-refractivity contribution in [3.05, 3.63) is 57.8 Å². The predicted molar refractivity (Wildman–Crippen MR) is 75.9 cm³/mol. The maximum atomic E-state index is 6.01. The van der Waals surface area contributed by atoms with Gasteiger partial charge >= 0.3 is 0 Å². The van der Waals surface area contributed by atoms with Crippen molar-refractivity contribution in [2.75, 3.05) is 0 Å². The van der Waals surface area contributed by atoms with Crippen LogP contribution >= 0.6 is 15.9 Å². The van der Waals surface area contributed by atoms with E-state index in [4.69, 9.17) is 4.74 Å². The Bertz CT molecular complexity index is 468. The summed E-state index contributed by atoms with van der Waals surface area (Å²) in [4.78, 5) is 0. The second-order valence-electron chi connectivity index (χ2n) is 5.21. The van der Waals surface area contributed by atoms with Crippen LogP contribution in [0.3, 0.4) is 0 Å². The van der Waals surface area contributed by atoms with E-state index >= 15 is 0 Å². The van der Waals surface area contributed by atoms with Gasteiger partial charge < -0.3 is 4.74 Å². The van der Waals surface area contributed by atoms with Crippen molar-refractivity contribution < 1.29 is 4.74 Å². The largest absolute Gasteiger partial charge is 0.488 e. The zero-order valence-corrected chi connectivity index (χ0v) is 12.0. The van der Waals surface area contributed by atoms with Gasteiger partial charge in [-0.1, -0.05) is 40.2 Å². The lowest BCUT2D eigenvalue weighted by Gasteiger charge is -2.24. The lowest BCUT2D eigenvalue weighted by atomic mass is 10.1. The van der Waals surface area contributed by atoms with E-state index in [1.54, 1.807) is 0 Å². The summed E-state index contributed by atoms with van der Waals surface area (Å²) in [5.74, 6) is 0.962. The molecule has 0 aromatic heterocycles. The van der Waals surface area contributed by atoms with E-state index in [-0.39, 0.29) is 5.60 Å². The maximum Gasteiger partial charge on any atom is 0.123 e. The second-order valence-corrected chi connectivity index (χ2v) is 6.06. The highest BCUT2D eigenvalue weighted by atomic mass is 79.9. The van der Waals surface area contributed by atoms with Crippen molar-refractivity contribution in [2.24, 2.45) is 0 Å². The molecule has 0 saturated heterocycles. The molecule has 0 heterocycles. The minimum absolute atomic E-state index is 0.169. The van der Waals surface area contributed by atoms with Gasteiger partial charge in [0.25, 0.3) is 0 Å². The monoisotopic (exact) mass is 292 g/mol. The molecular weight excluding hydrogens is 276 g/mol. The number of ether oxygens (including phenoxy) is 1. The Morgan fingerprint density at radius 1 is 1.00 bits per heavy atom. The van der Waals surface area contributed by atoms with Crippen molar-refractivity contribution in [2.45, 2.75) is 32.8 Å². The van der Waals surface area contributed by atoms with Crippen molar-refractivity contribution in [3.8, 4) is 0 Å². The molecule has 1 nitrogen and oxygen atoms in total. The van der Waals surface area contributed by atoms with Crippen LogP contribution in [0.25, 0.3) is 0 Å². The molecule has 0 aromatic rings. The third-order valence-corrected chi connectivity index (χ3v) is 3.28. The van der Waals surface area contributed by atoms with Gasteiger partial charge in [0.1, 0.15) is 11.4 Å². The Kier molecular flexibility index (Phi) is 3.43.